The van der Waals surface area contributed by atoms with Gasteiger partial charge in [-0.05, 0) is 38.1 Å². The van der Waals surface area contributed by atoms with Crippen LogP contribution in [0.15, 0.2) is 0 Å². The molecule has 15 heavy (non-hydrogen) atoms. The van der Waals surface area contributed by atoms with E-state index in [9.17, 15) is 0 Å². The van der Waals surface area contributed by atoms with Gasteiger partial charge in [-0.25, -0.2) is 0 Å². The largest absolute Gasteiger partial charge is 0.377 e. The topological polar surface area (TPSA) is 21.3 Å². The second-order valence-corrected chi connectivity index (χ2v) is 5.40. The van der Waals surface area contributed by atoms with Crippen molar-refractivity contribution in [3.05, 3.63) is 0 Å². The highest BCUT2D eigenvalue weighted by atomic mass is 16.5. The first kappa shape index (κ1) is 11.4. The molecule has 1 aliphatic heterocycles. The first-order valence-electron chi connectivity index (χ1n) is 6.62. The molecule has 4 unspecified atom stereocenters. The smallest absolute Gasteiger partial charge is 0.0700 e. The average molecular weight is 211 g/mol. The molecular weight excluding hydrogens is 186 g/mol. The molecule has 0 aromatic rings. The monoisotopic (exact) mass is 211 g/mol. The van der Waals surface area contributed by atoms with Crippen molar-refractivity contribution in [3.8, 4) is 0 Å². The minimum atomic E-state index is 0.420. The van der Waals surface area contributed by atoms with Crippen LogP contribution in [0.1, 0.15) is 46.0 Å². The first-order valence-corrected chi connectivity index (χ1v) is 6.62. The summed E-state index contributed by atoms with van der Waals surface area (Å²) in [7, 11) is 0. The Labute approximate surface area is 93.8 Å². The van der Waals surface area contributed by atoms with Crippen LogP contribution in [0.2, 0.25) is 0 Å². The summed E-state index contributed by atoms with van der Waals surface area (Å²) in [5.41, 5.74) is 0. The number of hydrogen-bond acceptors (Lipinski definition) is 2. The molecular formula is C13H25NO. The van der Waals surface area contributed by atoms with E-state index in [0.717, 1.165) is 18.4 Å². The SMILES string of the molecule is CC1CCCCC1CNC1CCOC1C. The van der Waals surface area contributed by atoms with E-state index in [1.807, 2.05) is 0 Å². The first-order chi connectivity index (χ1) is 7.27. The summed E-state index contributed by atoms with van der Waals surface area (Å²) in [5, 5.41) is 3.71. The Hall–Kier alpha value is -0.0800. The van der Waals surface area contributed by atoms with Crippen LogP contribution in [0, 0.1) is 11.8 Å². The van der Waals surface area contributed by atoms with Gasteiger partial charge in [0.25, 0.3) is 0 Å². The highest BCUT2D eigenvalue weighted by molar-refractivity contribution is 4.82. The van der Waals surface area contributed by atoms with E-state index >= 15 is 0 Å². The minimum Gasteiger partial charge on any atom is -0.377 e. The van der Waals surface area contributed by atoms with Gasteiger partial charge in [-0.2, -0.15) is 0 Å². The van der Waals surface area contributed by atoms with Crippen LogP contribution in [0.4, 0.5) is 0 Å². The van der Waals surface area contributed by atoms with Gasteiger partial charge < -0.3 is 10.1 Å². The molecule has 1 saturated carbocycles. The van der Waals surface area contributed by atoms with Gasteiger partial charge in [-0.3, -0.25) is 0 Å². The maximum atomic E-state index is 5.57. The summed E-state index contributed by atoms with van der Waals surface area (Å²) in [6, 6.07) is 0.610. The maximum absolute atomic E-state index is 5.57. The molecule has 0 radical (unpaired) electrons. The molecule has 1 N–H and O–H groups in total. The molecule has 2 fully saturated rings. The van der Waals surface area contributed by atoms with Gasteiger partial charge in [0.15, 0.2) is 0 Å². The second-order valence-electron chi connectivity index (χ2n) is 5.40. The summed E-state index contributed by atoms with van der Waals surface area (Å²) in [6.45, 7) is 6.76. The van der Waals surface area contributed by atoms with E-state index in [-0.39, 0.29) is 0 Å². The predicted octanol–water partition coefficient (Wildman–Crippen LogP) is 2.58. The third-order valence-electron chi connectivity index (χ3n) is 4.31. The summed E-state index contributed by atoms with van der Waals surface area (Å²) in [5.74, 6) is 1.83. The number of hydrogen-bond donors (Lipinski definition) is 1. The van der Waals surface area contributed by atoms with Crippen LogP contribution in [-0.4, -0.2) is 25.3 Å². The molecule has 1 heterocycles. The van der Waals surface area contributed by atoms with Crippen molar-refractivity contribution >= 4 is 0 Å². The third kappa shape index (κ3) is 2.94. The lowest BCUT2D eigenvalue weighted by Crippen LogP contribution is -2.39. The fourth-order valence-corrected chi connectivity index (χ4v) is 3.00. The molecule has 4 atom stereocenters. The Bertz CT molecular complexity index is 195. The third-order valence-corrected chi connectivity index (χ3v) is 4.31. The standard InChI is InChI=1S/C13H25NO/c1-10-5-3-4-6-12(10)9-14-13-7-8-15-11(13)2/h10-14H,3-9H2,1-2H3. The molecule has 88 valence electrons. The predicted molar refractivity (Wildman–Crippen MR) is 62.9 cm³/mol. The number of ether oxygens (including phenoxy) is 1. The number of rotatable bonds is 3. The van der Waals surface area contributed by atoms with Crippen LogP contribution >= 0.6 is 0 Å². The average Bonchev–Trinajstić information content (AvgIpc) is 2.63. The Morgan fingerprint density at radius 2 is 1.93 bits per heavy atom. The van der Waals surface area contributed by atoms with Gasteiger partial charge in [0.2, 0.25) is 0 Å². The molecule has 1 aliphatic carbocycles. The molecule has 2 heteroatoms. The van der Waals surface area contributed by atoms with Crippen LogP contribution in [-0.2, 0) is 4.74 Å². The lowest BCUT2D eigenvalue weighted by Gasteiger charge is -2.30. The van der Waals surface area contributed by atoms with E-state index in [4.69, 9.17) is 4.74 Å². The zero-order valence-corrected chi connectivity index (χ0v) is 10.2. The van der Waals surface area contributed by atoms with Crippen LogP contribution in [0.3, 0.4) is 0 Å². The zero-order chi connectivity index (χ0) is 10.7. The van der Waals surface area contributed by atoms with Crippen molar-refractivity contribution in [2.45, 2.75) is 58.1 Å². The van der Waals surface area contributed by atoms with Crippen LogP contribution in [0.25, 0.3) is 0 Å². The van der Waals surface area contributed by atoms with E-state index in [0.29, 0.717) is 12.1 Å². The van der Waals surface area contributed by atoms with Gasteiger partial charge in [0.1, 0.15) is 0 Å². The van der Waals surface area contributed by atoms with Gasteiger partial charge in [-0.15, -0.1) is 0 Å². The van der Waals surface area contributed by atoms with E-state index in [2.05, 4.69) is 19.2 Å². The van der Waals surface area contributed by atoms with Gasteiger partial charge in [0, 0.05) is 12.6 Å². The van der Waals surface area contributed by atoms with Crippen molar-refractivity contribution in [2.75, 3.05) is 13.2 Å². The highest BCUT2D eigenvalue weighted by Crippen LogP contribution is 2.29. The Morgan fingerprint density at radius 1 is 1.13 bits per heavy atom. The van der Waals surface area contributed by atoms with Gasteiger partial charge >= 0.3 is 0 Å². The fraction of sp³-hybridized carbons (Fsp3) is 1.00. The molecule has 2 rings (SSSR count). The molecule has 1 saturated heterocycles. The summed E-state index contributed by atoms with van der Waals surface area (Å²) >= 11 is 0. The molecule has 0 aromatic carbocycles. The van der Waals surface area contributed by atoms with Crippen molar-refractivity contribution in [3.63, 3.8) is 0 Å². The fourth-order valence-electron chi connectivity index (χ4n) is 3.00. The molecule has 2 aliphatic rings. The molecule has 0 amide bonds. The maximum Gasteiger partial charge on any atom is 0.0700 e. The van der Waals surface area contributed by atoms with E-state index in [1.165, 1.54) is 38.6 Å². The summed E-state index contributed by atoms with van der Waals surface area (Å²) < 4.78 is 5.57. The highest BCUT2D eigenvalue weighted by Gasteiger charge is 2.26. The summed E-state index contributed by atoms with van der Waals surface area (Å²) in [4.78, 5) is 0. The quantitative estimate of drug-likeness (QED) is 0.774. The van der Waals surface area contributed by atoms with Gasteiger partial charge in [-0.1, -0.05) is 26.2 Å². The Kier molecular flexibility index (Phi) is 4.04. The van der Waals surface area contributed by atoms with E-state index in [1.54, 1.807) is 0 Å². The van der Waals surface area contributed by atoms with Crippen molar-refractivity contribution in [1.29, 1.82) is 0 Å². The Balaban J connectivity index is 1.72. The molecule has 0 aromatic heterocycles. The second kappa shape index (κ2) is 5.31. The molecule has 0 spiro atoms. The lowest BCUT2D eigenvalue weighted by molar-refractivity contribution is 0.110. The zero-order valence-electron chi connectivity index (χ0n) is 10.2. The van der Waals surface area contributed by atoms with Gasteiger partial charge in [0.05, 0.1) is 6.10 Å². The van der Waals surface area contributed by atoms with Crippen LogP contribution < -0.4 is 5.32 Å². The molecule has 0 bridgehead atoms. The van der Waals surface area contributed by atoms with Crippen molar-refractivity contribution in [2.24, 2.45) is 11.8 Å². The Morgan fingerprint density at radius 3 is 2.60 bits per heavy atom. The molecule has 2 nitrogen and oxygen atoms in total. The lowest BCUT2D eigenvalue weighted by atomic mass is 9.80. The summed E-state index contributed by atoms with van der Waals surface area (Å²) in [6.07, 6.45) is 7.36. The number of nitrogens with one attached hydrogen (secondary N) is 1. The van der Waals surface area contributed by atoms with E-state index < -0.39 is 0 Å². The van der Waals surface area contributed by atoms with Crippen molar-refractivity contribution < 1.29 is 4.74 Å². The van der Waals surface area contributed by atoms with Crippen LogP contribution in [0.5, 0.6) is 0 Å². The minimum absolute atomic E-state index is 0.420. The normalized spacial score (nSPS) is 42.0. The van der Waals surface area contributed by atoms with Crippen molar-refractivity contribution in [1.82, 2.24) is 5.32 Å².